The zero-order valence-electron chi connectivity index (χ0n) is 10.4. The highest BCUT2D eigenvalue weighted by atomic mass is 35.5. The van der Waals surface area contributed by atoms with Gasteiger partial charge in [0.2, 0.25) is 5.91 Å². The van der Waals surface area contributed by atoms with Crippen LogP contribution in [-0.4, -0.2) is 24.0 Å². The SMILES string of the molecule is NC(=S)c1c(Cl)cccc1NCCNC(=O)C1CC1. The van der Waals surface area contributed by atoms with Crippen LogP contribution in [0.5, 0.6) is 0 Å². The van der Waals surface area contributed by atoms with E-state index in [0.29, 0.717) is 23.7 Å². The van der Waals surface area contributed by atoms with Crippen LogP contribution in [-0.2, 0) is 4.79 Å². The van der Waals surface area contributed by atoms with Crippen LogP contribution in [0.1, 0.15) is 18.4 Å². The summed E-state index contributed by atoms with van der Waals surface area (Å²) >= 11 is 11.0. The van der Waals surface area contributed by atoms with Crippen molar-refractivity contribution in [2.45, 2.75) is 12.8 Å². The maximum absolute atomic E-state index is 11.4. The van der Waals surface area contributed by atoms with E-state index in [1.165, 1.54) is 0 Å². The normalized spacial score (nSPS) is 13.9. The van der Waals surface area contributed by atoms with Crippen molar-refractivity contribution < 1.29 is 4.79 Å². The molecule has 4 nitrogen and oxygen atoms in total. The topological polar surface area (TPSA) is 67.2 Å². The van der Waals surface area contributed by atoms with Gasteiger partial charge in [-0.3, -0.25) is 4.79 Å². The van der Waals surface area contributed by atoms with Gasteiger partial charge in [0.15, 0.2) is 0 Å². The lowest BCUT2D eigenvalue weighted by Gasteiger charge is -2.12. The number of anilines is 1. The van der Waals surface area contributed by atoms with Gasteiger partial charge in [-0.05, 0) is 25.0 Å². The Morgan fingerprint density at radius 2 is 2.16 bits per heavy atom. The average Bonchev–Trinajstić information content (AvgIpc) is 3.18. The zero-order valence-corrected chi connectivity index (χ0v) is 12.0. The number of benzene rings is 1. The van der Waals surface area contributed by atoms with Gasteiger partial charge in [0.25, 0.3) is 0 Å². The van der Waals surface area contributed by atoms with Gasteiger partial charge in [0.1, 0.15) is 4.99 Å². The standard InChI is InChI=1S/C13H16ClN3OS/c14-9-2-1-3-10(11(9)12(15)19)16-6-7-17-13(18)8-4-5-8/h1-3,8,16H,4-7H2,(H2,15,19)(H,17,18). The van der Waals surface area contributed by atoms with Gasteiger partial charge in [0.05, 0.1) is 10.6 Å². The highest BCUT2D eigenvalue weighted by Crippen LogP contribution is 2.28. The minimum absolute atomic E-state index is 0.141. The van der Waals surface area contributed by atoms with Gasteiger partial charge < -0.3 is 16.4 Å². The Labute approximate surface area is 122 Å². The summed E-state index contributed by atoms with van der Waals surface area (Å²) in [6.07, 6.45) is 2.03. The maximum Gasteiger partial charge on any atom is 0.223 e. The minimum atomic E-state index is 0.141. The molecule has 0 aliphatic heterocycles. The molecular weight excluding hydrogens is 282 g/mol. The second-order valence-electron chi connectivity index (χ2n) is 4.52. The summed E-state index contributed by atoms with van der Waals surface area (Å²) in [4.78, 5) is 11.7. The number of amides is 1. The molecule has 2 rings (SSSR count). The summed E-state index contributed by atoms with van der Waals surface area (Å²) in [5.74, 6) is 0.376. The third-order valence-corrected chi connectivity index (χ3v) is 3.47. The maximum atomic E-state index is 11.4. The fraction of sp³-hybridized carbons (Fsp3) is 0.385. The molecule has 4 N–H and O–H groups in total. The molecule has 1 fully saturated rings. The fourth-order valence-electron chi connectivity index (χ4n) is 1.79. The number of hydrogen-bond acceptors (Lipinski definition) is 3. The first kappa shape index (κ1) is 14.1. The van der Waals surface area contributed by atoms with Gasteiger partial charge >= 0.3 is 0 Å². The molecule has 6 heteroatoms. The summed E-state index contributed by atoms with van der Waals surface area (Å²) in [6.45, 7) is 1.17. The van der Waals surface area contributed by atoms with Crippen LogP contribution >= 0.6 is 23.8 Å². The third-order valence-electron chi connectivity index (χ3n) is 2.95. The van der Waals surface area contributed by atoms with Crippen LogP contribution in [0.15, 0.2) is 18.2 Å². The largest absolute Gasteiger partial charge is 0.389 e. The van der Waals surface area contributed by atoms with Crippen molar-refractivity contribution in [1.82, 2.24) is 5.32 Å². The Balaban J connectivity index is 1.86. The monoisotopic (exact) mass is 297 g/mol. The molecule has 0 heterocycles. The number of hydrogen-bond donors (Lipinski definition) is 3. The summed E-state index contributed by atoms with van der Waals surface area (Å²) in [5.41, 5.74) is 7.09. The molecule has 0 aromatic heterocycles. The first-order chi connectivity index (χ1) is 9.09. The van der Waals surface area contributed by atoms with Gasteiger partial charge in [-0.2, -0.15) is 0 Å². The van der Waals surface area contributed by atoms with Gasteiger partial charge in [0, 0.05) is 24.7 Å². The first-order valence-corrected chi connectivity index (χ1v) is 6.98. The Bertz CT molecular complexity index is 503. The Morgan fingerprint density at radius 3 is 2.79 bits per heavy atom. The van der Waals surface area contributed by atoms with Crippen molar-refractivity contribution in [2.24, 2.45) is 11.7 Å². The predicted octanol–water partition coefficient (Wildman–Crippen LogP) is 1.91. The molecule has 1 saturated carbocycles. The van der Waals surface area contributed by atoms with Gasteiger partial charge in [-0.1, -0.05) is 29.9 Å². The second kappa shape index (κ2) is 6.21. The molecule has 0 spiro atoms. The fourth-order valence-corrected chi connectivity index (χ4v) is 2.35. The molecule has 1 amide bonds. The molecule has 1 aliphatic carbocycles. The van der Waals surface area contributed by atoms with E-state index in [-0.39, 0.29) is 16.8 Å². The second-order valence-corrected chi connectivity index (χ2v) is 5.37. The number of carbonyl (C=O) groups is 1. The number of halogens is 1. The molecule has 0 atom stereocenters. The van der Waals surface area contributed by atoms with Crippen LogP contribution < -0.4 is 16.4 Å². The van der Waals surface area contributed by atoms with Crippen LogP contribution in [0, 0.1) is 5.92 Å². The van der Waals surface area contributed by atoms with Crippen LogP contribution in [0.3, 0.4) is 0 Å². The number of nitrogens with one attached hydrogen (secondary N) is 2. The van der Waals surface area contributed by atoms with E-state index in [9.17, 15) is 4.79 Å². The Hall–Kier alpha value is -1.33. The van der Waals surface area contributed by atoms with E-state index < -0.39 is 0 Å². The van der Waals surface area contributed by atoms with E-state index in [0.717, 1.165) is 18.5 Å². The molecule has 0 unspecified atom stereocenters. The van der Waals surface area contributed by atoms with Crippen LogP contribution in [0.2, 0.25) is 5.02 Å². The van der Waals surface area contributed by atoms with Gasteiger partial charge in [-0.25, -0.2) is 0 Å². The van der Waals surface area contributed by atoms with Gasteiger partial charge in [-0.15, -0.1) is 0 Å². The summed E-state index contributed by atoms with van der Waals surface area (Å²) in [6, 6.07) is 5.44. The van der Waals surface area contributed by atoms with Crippen molar-refractivity contribution in [3.05, 3.63) is 28.8 Å². The molecule has 1 aliphatic rings. The lowest BCUT2D eigenvalue weighted by atomic mass is 10.1. The minimum Gasteiger partial charge on any atom is -0.389 e. The molecule has 0 radical (unpaired) electrons. The summed E-state index contributed by atoms with van der Waals surface area (Å²) in [7, 11) is 0. The molecular formula is C13H16ClN3OS. The molecule has 1 aromatic carbocycles. The summed E-state index contributed by atoms with van der Waals surface area (Å²) < 4.78 is 0. The highest BCUT2D eigenvalue weighted by Gasteiger charge is 2.28. The van der Waals surface area contributed by atoms with Crippen molar-refractivity contribution in [1.29, 1.82) is 0 Å². The van der Waals surface area contributed by atoms with Crippen LogP contribution in [0.25, 0.3) is 0 Å². The zero-order chi connectivity index (χ0) is 13.8. The molecule has 0 saturated heterocycles. The third kappa shape index (κ3) is 3.81. The molecule has 19 heavy (non-hydrogen) atoms. The number of rotatable bonds is 6. The van der Waals surface area contributed by atoms with E-state index >= 15 is 0 Å². The van der Waals surface area contributed by atoms with E-state index in [1.54, 1.807) is 6.07 Å². The van der Waals surface area contributed by atoms with Crippen LogP contribution in [0.4, 0.5) is 5.69 Å². The van der Waals surface area contributed by atoms with Crippen molar-refractivity contribution in [2.75, 3.05) is 18.4 Å². The molecule has 0 bridgehead atoms. The highest BCUT2D eigenvalue weighted by molar-refractivity contribution is 7.80. The quantitative estimate of drug-likeness (QED) is 0.554. The predicted molar refractivity (Wildman–Crippen MR) is 81.6 cm³/mol. The smallest absolute Gasteiger partial charge is 0.223 e. The Morgan fingerprint density at radius 1 is 1.42 bits per heavy atom. The van der Waals surface area contributed by atoms with Crippen molar-refractivity contribution in [3.8, 4) is 0 Å². The number of carbonyl (C=O) groups excluding carboxylic acids is 1. The Kier molecular flexibility index (Phi) is 4.61. The number of nitrogens with two attached hydrogens (primary N) is 1. The first-order valence-electron chi connectivity index (χ1n) is 6.19. The lowest BCUT2D eigenvalue weighted by Crippen LogP contribution is -2.30. The van der Waals surface area contributed by atoms with Crippen molar-refractivity contribution in [3.63, 3.8) is 0 Å². The van der Waals surface area contributed by atoms with E-state index in [1.807, 2.05) is 12.1 Å². The molecule has 1 aromatic rings. The lowest BCUT2D eigenvalue weighted by molar-refractivity contribution is -0.122. The van der Waals surface area contributed by atoms with Crippen molar-refractivity contribution >= 4 is 40.4 Å². The van der Waals surface area contributed by atoms with E-state index in [4.69, 9.17) is 29.6 Å². The van der Waals surface area contributed by atoms with E-state index in [2.05, 4.69) is 10.6 Å². The summed E-state index contributed by atoms with van der Waals surface area (Å²) in [5, 5.41) is 6.59. The molecule has 102 valence electrons. The average molecular weight is 298 g/mol. The number of thiocarbonyl (C=S) groups is 1.